The third kappa shape index (κ3) is 3.64. The zero-order valence-electron chi connectivity index (χ0n) is 11.5. The number of alkyl halides is 3. The Bertz CT molecular complexity index is 514. The molecule has 21 heavy (non-hydrogen) atoms. The molecule has 2 rings (SSSR count). The SMILES string of the molecule is CNc1c(C(=O)NN2CCOCC2)cccc1C(F)(F)F. The number of hydrogen-bond donors (Lipinski definition) is 2. The Morgan fingerprint density at radius 3 is 2.52 bits per heavy atom. The van der Waals surface area contributed by atoms with Gasteiger partial charge in [0.25, 0.3) is 5.91 Å². The summed E-state index contributed by atoms with van der Waals surface area (Å²) in [5.41, 5.74) is 1.47. The molecular formula is C13H16F3N3O2. The van der Waals surface area contributed by atoms with Crippen molar-refractivity contribution in [3.8, 4) is 0 Å². The molecule has 5 nitrogen and oxygen atoms in total. The van der Waals surface area contributed by atoms with E-state index in [-0.39, 0.29) is 11.3 Å². The van der Waals surface area contributed by atoms with Crippen molar-refractivity contribution in [2.75, 3.05) is 38.7 Å². The second-order valence-electron chi connectivity index (χ2n) is 4.52. The lowest BCUT2D eigenvalue weighted by Crippen LogP contribution is -2.48. The van der Waals surface area contributed by atoms with Crippen molar-refractivity contribution in [1.82, 2.24) is 10.4 Å². The number of hydrazine groups is 1. The minimum atomic E-state index is -4.52. The predicted octanol–water partition coefficient (Wildman–Crippen LogP) is 1.72. The first-order chi connectivity index (χ1) is 9.93. The van der Waals surface area contributed by atoms with Gasteiger partial charge in [0.2, 0.25) is 0 Å². The molecule has 1 aromatic rings. The van der Waals surface area contributed by atoms with Gasteiger partial charge < -0.3 is 10.1 Å². The summed E-state index contributed by atoms with van der Waals surface area (Å²) < 4.78 is 44.0. The van der Waals surface area contributed by atoms with Crippen molar-refractivity contribution in [3.63, 3.8) is 0 Å². The van der Waals surface area contributed by atoms with Gasteiger partial charge in [-0.15, -0.1) is 0 Å². The monoisotopic (exact) mass is 303 g/mol. The van der Waals surface area contributed by atoms with E-state index in [0.717, 1.165) is 6.07 Å². The molecule has 8 heteroatoms. The molecule has 0 saturated carbocycles. The molecule has 0 aliphatic carbocycles. The van der Waals surface area contributed by atoms with Gasteiger partial charge >= 0.3 is 6.18 Å². The van der Waals surface area contributed by atoms with Crippen molar-refractivity contribution < 1.29 is 22.7 Å². The number of carbonyl (C=O) groups excluding carboxylic acids is 1. The molecule has 1 fully saturated rings. The van der Waals surface area contributed by atoms with Crippen LogP contribution in [0, 0.1) is 0 Å². The van der Waals surface area contributed by atoms with Crippen LogP contribution in [0.2, 0.25) is 0 Å². The Kier molecular flexibility index (Phi) is 4.69. The highest BCUT2D eigenvalue weighted by Crippen LogP contribution is 2.36. The maximum absolute atomic E-state index is 12.9. The Labute approximate surface area is 120 Å². The zero-order chi connectivity index (χ0) is 15.5. The van der Waals surface area contributed by atoms with E-state index in [2.05, 4.69) is 10.7 Å². The summed E-state index contributed by atoms with van der Waals surface area (Å²) in [5.74, 6) is -0.577. The molecule has 1 saturated heterocycles. The first kappa shape index (κ1) is 15.6. The van der Waals surface area contributed by atoms with Crippen molar-refractivity contribution in [2.24, 2.45) is 0 Å². The average molecular weight is 303 g/mol. The van der Waals surface area contributed by atoms with Gasteiger partial charge in [-0.25, -0.2) is 5.01 Å². The summed E-state index contributed by atoms with van der Waals surface area (Å²) in [7, 11) is 1.36. The highest BCUT2D eigenvalue weighted by molar-refractivity contribution is 6.00. The van der Waals surface area contributed by atoms with Gasteiger partial charge in [0.05, 0.1) is 30.0 Å². The number of para-hydroxylation sites is 1. The Hall–Kier alpha value is -1.80. The van der Waals surface area contributed by atoms with E-state index in [9.17, 15) is 18.0 Å². The van der Waals surface area contributed by atoms with E-state index in [1.54, 1.807) is 5.01 Å². The number of morpholine rings is 1. The van der Waals surface area contributed by atoms with Crippen molar-refractivity contribution in [1.29, 1.82) is 0 Å². The number of rotatable bonds is 3. The van der Waals surface area contributed by atoms with Crippen molar-refractivity contribution >= 4 is 11.6 Å². The molecule has 0 aromatic heterocycles. The highest BCUT2D eigenvalue weighted by atomic mass is 19.4. The Balaban J connectivity index is 2.24. The molecule has 0 bridgehead atoms. The first-order valence-electron chi connectivity index (χ1n) is 6.45. The molecule has 0 radical (unpaired) electrons. The van der Waals surface area contributed by atoms with Crippen LogP contribution in [-0.2, 0) is 10.9 Å². The van der Waals surface area contributed by atoms with E-state index in [1.165, 1.54) is 19.2 Å². The lowest BCUT2D eigenvalue weighted by Gasteiger charge is -2.27. The fourth-order valence-electron chi connectivity index (χ4n) is 2.13. The molecule has 1 amide bonds. The molecule has 0 spiro atoms. The maximum Gasteiger partial charge on any atom is 0.418 e. The van der Waals surface area contributed by atoms with Crippen LogP contribution in [0.4, 0.5) is 18.9 Å². The van der Waals surface area contributed by atoms with Crippen LogP contribution in [0.15, 0.2) is 18.2 Å². The van der Waals surface area contributed by atoms with Crippen LogP contribution in [0.25, 0.3) is 0 Å². The topological polar surface area (TPSA) is 53.6 Å². The molecule has 1 aromatic carbocycles. The zero-order valence-corrected chi connectivity index (χ0v) is 11.5. The standard InChI is InChI=1S/C13H16F3N3O2/c1-17-11-9(3-2-4-10(11)13(14,15)16)12(20)18-19-5-7-21-8-6-19/h2-4,17H,5-8H2,1H3,(H,18,20). The summed E-state index contributed by atoms with van der Waals surface area (Å²) in [4.78, 5) is 12.2. The van der Waals surface area contributed by atoms with Gasteiger partial charge in [-0.2, -0.15) is 13.2 Å². The number of ether oxygens (including phenoxy) is 1. The second kappa shape index (κ2) is 6.31. The Morgan fingerprint density at radius 2 is 1.95 bits per heavy atom. The van der Waals surface area contributed by atoms with Gasteiger partial charge in [0, 0.05) is 20.1 Å². The quantitative estimate of drug-likeness (QED) is 0.893. The van der Waals surface area contributed by atoms with Gasteiger partial charge in [-0.1, -0.05) is 6.07 Å². The van der Waals surface area contributed by atoms with Crippen LogP contribution in [-0.4, -0.2) is 44.3 Å². The lowest BCUT2D eigenvalue weighted by molar-refractivity contribution is -0.136. The van der Waals surface area contributed by atoms with E-state index in [0.29, 0.717) is 26.3 Å². The van der Waals surface area contributed by atoms with Gasteiger partial charge in [-0.05, 0) is 12.1 Å². The lowest BCUT2D eigenvalue weighted by atomic mass is 10.1. The molecule has 1 heterocycles. The summed E-state index contributed by atoms with van der Waals surface area (Å²) in [6, 6.07) is 3.52. The van der Waals surface area contributed by atoms with E-state index in [1.807, 2.05) is 0 Å². The molecule has 0 unspecified atom stereocenters. The molecule has 0 atom stereocenters. The minimum absolute atomic E-state index is 0.0428. The van der Waals surface area contributed by atoms with Gasteiger partial charge in [0.15, 0.2) is 0 Å². The largest absolute Gasteiger partial charge is 0.418 e. The number of nitrogens with one attached hydrogen (secondary N) is 2. The number of halogens is 3. The number of benzene rings is 1. The normalized spacial score (nSPS) is 16.6. The average Bonchev–Trinajstić information content (AvgIpc) is 2.46. The minimum Gasteiger partial charge on any atom is -0.387 e. The molecule has 1 aliphatic rings. The first-order valence-corrected chi connectivity index (χ1v) is 6.45. The summed E-state index contributed by atoms with van der Waals surface area (Å²) in [6.45, 7) is 1.95. The smallest absolute Gasteiger partial charge is 0.387 e. The Morgan fingerprint density at radius 1 is 1.29 bits per heavy atom. The highest BCUT2D eigenvalue weighted by Gasteiger charge is 2.35. The summed E-state index contributed by atoms with van der Waals surface area (Å²) in [5, 5.41) is 4.10. The van der Waals surface area contributed by atoms with Crippen molar-refractivity contribution in [2.45, 2.75) is 6.18 Å². The van der Waals surface area contributed by atoms with Gasteiger partial charge in [-0.3, -0.25) is 10.2 Å². The van der Waals surface area contributed by atoms with Crippen LogP contribution in [0.5, 0.6) is 0 Å². The van der Waals surface area contributed by atoms with Crippen molar-refractivity contribution in [3.05, 3.63) is 29.3 Å². The van der Waals surface area contributed by atoms with Crippen LogP contribution < -0.4 is 10.7 Å². The third-order valence-electron chi connectivity index (χ3n) is 3.14. The van der Waals surface area contributed by atoms with Crippen LogP contribution in [0.1, 0.15) is 15.9 Å². The fourth-order valence-corrected chi connectivity index (χ4v) is 2.13. The number of hydrogen-bond acceptors (Lipinski definition) is 4. The predicted molar refractivity (Wildman–Crippen MR) is 70.8 cm³/mol. The van der Waals surface area contributed by atoms with E-state index < -0.39 is 17.6 Å². The number of amides is 1. The van der Waals surface area contributed by atoms with E-state index in [4.69, 9.17) is 4.74 Å². The molecule has 116 valence electrons. The van der Waals surface area contributed by atoms with Crippen LogP contribution in [0.3, 0.4) is 0 Å². The molecular weight excluding hydrogens is 287 g/mol. The number of carbonyl (C=O) groups is 1. The summed E-state index contributed by atoms with van der Waals surface area (Å²) in [6.07, 6.45) is -4.52. The van der Waals surface area contributed by atoms with Crippen LogP contribution >= 0.6 is 0 Å². The fraction of sp³-hybridized carbons (Fsp3) is 0.462. The number of anilines is 1. The number of nitrogens with zero attached hydrogens (tertiary/aromatic N) is 1. The molecule has 2 N–H and O–H groups in total. The third-order valence-corrected chi connectivity index (χ3v) is 3.14. The summed E-state index contributed by atoms with van der Waals surface area (Å²) >= 11 is 0. The van der Waals surface area contributed by atoms with Gasteiger partial charge in [0.1, 0.15) is 0 Å². The maximum atomic E-state index is 12.9. The second-order valence-corrected chi connectivity index (χ2v) is 4.52. The van der Waals surface area contributed by atoms with E-state index >= 15 is 0 Å². The molecule has 1 aliphatic heterocycles.